The first kappa shape index (κ1) is 13.3. The molecule has 2 unspecified atom stereocenters. The van der Waals surface area contributed by atoms with Crippen molar-refractivity contribution in [2.24, 2.45) is 5.92 Å². The summed E-state index contributed by atoms with van der Waals surface area (Å²) in [6.45, 7) is 4.54. The van der Waals surface area contributed by atoms with Gasteiger partial charge >= 0.3 is 0 Å². The summed E-state index contributed by atoms with van der Waals surface area (Å²) in [5, 5.41) is 3.73. The lowest BCUT2D eigenvalue weighted by Gasteiger charge is -2.31. The van der Waals surface area contributed by atoms with Gasteiger partial charge in [0, 0.05) is 31.5 Å². The maximum Gasteiger partial charge on any atom is 0.0411 e. The van der Waals surface area contributed by atoms with Gasteiger partial charge in [0.2, 0.25) is 0 Å². The maximum atomic E-state index is 3.73. The van der Waals surface area contributed by atoms with Gasteiger partial charge in [0.1, 0.15) is 0 Å². The number of anilines is 2. The smallest absolute Gasteiger partial charge is 0.0411 e. The van der Waals surface area contributed by atoms with Crippen LogP contribution in [0.4, 0.5) is 11.4 Å². The largest absolute Gasteiger partial charge is 0.382 e. The van der Waals surface area contributed by atoms with Crippen LogP contribution in [0.15, 0.2) is 18.2 Å². The molecule has 2 rings (SSSR count). The van der Waals surface area contributed by atoms with Crippen LogP contribution in [0.1, 0.15) is 38.2 Å². The minimum atomic E-state index is 0.650. The fourth-order valence-corrected chi connectivity index (χ4v) is 2.93. The van der Waals surface area contributed by atoms with Gasteiger partial charge in [-0.25, -0.2) is 0 Å². The van der Waals surface area contributed by atoms with Crippen LogP contribution in [-0.4, -0.2) is 20.1 Å². The van der Waals surface area contributed by atoms with Crippen molar-refractivity contribution < 1.29 is 0 Å². The lowest BCUT2D eigenvalue weighted by Crippen LogP contribution is -2.30. The van der Waals surface area contributed by atoms with Gasteiger partial charge < -0.3 is 10.2 Å². The molecule has 1 aliphatic rings. The fourth-order valence-electron chi connectivity index (χ4n) is 2.93. The molecule has 18 heavy (non-hydrogen) atoms. The minimum Gasteiger partial charge on any atom is -0.382 e. The molecule has 1 fully saturated rings. The van der Waals surface area contributed by atoms with Crippen molar-refractivity contribution in [3.8, 4) is 0 Å². The molecular formula is C16H26N2. The molecule has 0 bridgehead atoms. The van der Waals surface area contributed by atoms with Gasteiger partial charge in [-0.05, 0) is 43.4 Å². The monoisotopic (exact) mass is 246 g/mol. The lowest BCUT2D eigenvalue weighted by atomic mass is 9.86. The highest BCUT2D eigenvalue weighted by molar-refractivity contribution is 5.62. The topological polar surface area (TPSA) is 15.3 Å². The minimum absolute atomic E-state index is 0.650. The highest BCUT2D eigenvalue weighted by atomic mass is 15.1. The van der Waals surface area contributed by atoms with Gasteiger partial charge in [0.15, 0.2) is 0 Å². The third-order valence-corrected chi connectivity index (χ3v) is 4.15. The van der Waals surface area contributed by atoms with E-state index in [1.165, 1.54) is 42.6 Å². The molecule has 0 amide bonds. The Bertz CT molecular complexity index is 398. The molecule has 100 valence electrons. The van der Waals surface area contributed by atoms with Crippen molar-refractivity contribution in [3.63, 3.8) is 0 Å². The summed E-state index contributed by atoms with van der Waals surface area (Å²) in [5.74, 6) is 0.794. The van der Waals surface area contributed by atoms with E-state index in [4.69, 9.17) is 0 Å². The van der Waals surface area contributed by atoms with E-state index >= 15 is 0 Å². The molecule has 0 aliphatic heterocycles. The molecule has 0 heterocycles. The van der Waals surface area contributed by atoms with Crippen LogP contribution < -0.4 is 10.2 Å². The van der Waals surface area contributed by atoms with E-state index in [2.05, 4.69) is 56.4 Å². The second-order valence-electron chi connectivity index (χ2n) is 5.91. The predicted octanol–water partition coefficient (Wildman–Crippen LogP) is 4.05. The third-order valence-electron chi connectivity index (χ3n) is 4.15. The Morgan fingerprint density at radius 1 is 1.17 bits per heavy atom. The zero-order valence-corrected chi connectivity index (χ0v) is 12.2. The van der Waals surface area contributed by atoms with Crippen molar-refractivity contribution in [1.82, 2.24) is 0 Å². The molecule has 1 saturated carbocycles. The summed E-state index contributed by atoms with van der Waals surface area (Å²) < 4.78 is 0. The Morgan fingerprint density at radius 3 is 2.56 bits per heavy atom. The molecule has 0 saturated heterocycles. The molecule has 2 atom stereocenters. The second-order valence-corrected chi connectivity index (χ2v) is 5.91. The normalized spacial score (nSPS) is 23.8. The number of rotatable bonds is 3. The molecule has 2 nitrogen and oxygen atoms in total. The van der Waals surface area contributed by atoms with E-state index in [0.29, 0.717) is 6.04 Å². The summed E-state index contributed by atoms with van der Waals surface area (Å²) in [6.07, 6.45) is 5.45. The predicted molar refractivity (Wildman–Crippen MR) is 80.5 cm³/mol. The summed E-state index contributed by atoms with van der Waals surface area (Å²) in [5.41, 5.74) is 3.91. The fraction of sp³-hybridized carbons (Fsp3) is 0.625. The first-order chi connectivity index (χ1) is 8.58. The Balaban J connectivity index is 2.11. The molecule has 0 radical (unpaired) electrons. The van der Waals surface area contributed by atoms with Crippen LogP contribution >= 0.6 is 0 Å². The van der Waals surface area contributed by atoms with E-state index in [0.717, 1.165) is 5.92 Å². The van der Waals surface area contributed by atoms with Crippen LogP contribution in [-0.2, 0) is 0 Å². The van der Waals surface area contributed by atoms with Gasteiger partial charge in [-0.3, -0.25) is 0 Å². The average Bonchev–Trinajstić information content (AvgIpc) is 2.34. The van der Waals surface area contributed by atoms with Crippen LogP contribution in [0, 0.1) is 12.8 Å². The zero-order valence-electron chi connectivity index (χ0n) is 12.2. The van der Waals surface area contributed by atoms with Gasteiger partial charge in [-0.2, -0.15) is 0 Å². The number of aryl methyl sites for hydroxylation is 1. The third kappa shape index (κ3) is 2.98. The van der Waals surface area contributed by atoms with Crippen molar-refractivity contribution in [2.75, 3.05) is 24.3 Å². The lowest BCUT2D eigenvalue weighted by molar-refractivity contribution is 0.349. The first-order valence-electron chi connectivity index (χ1n) is 7.12. The summed E-state index contributed by atoms with van der Waals surface area (Å²) >= 11 is 0. The summed E-state index contributed by atoms with van der Waals surface area (Å²) in [7, 11) is 4.21. The van der Waals surface area contributed by atoms with Gasteiger partial charge in [0.05, 0.1) is 0 Å². The second kappa shape index (κ2) is 5.64. The number of nitrogens with zero attached hydrogens (tertiary/aromatic N) is 1. The molecule has 1 aromatic rings. The molecular weight excluding hydrogens is 220 g/mol. The van der Waals surface area contributed by atoms with E-state index in [-0.39, 0.29) is 0 Å². The molecule has 0 spiro atoms. The van der Waals surface area contributed by atoms with E-state index in [9.17, 15) is 0 Å². The summed E-state index contributed by atoms with van der Waals surface area (Å²) in [6, 6.07) is 7.35. The van der Waals surface area contributed by atoms with Crippen molar-refractivity contribution in [3.05, 3.63) is 23.8 Å². The Morgan fingerprint density at radius 2 is 1.89 bits per heavy atom. The Hall–Kier alpha value is -1.18. The number of benzene rings is 1. The number of nitrogens with one attached hydrogen (secondary N) is 1. The molecule has 2 heteroatoms. The molecule has 0 aromatic heterocycles. The highest BCUT2D eigenvalue weighted by Crippen LogP contribution is 2.29. The first-order valence-corrected chi connectivity index (χ1v) is 7.12. The summed E-state index contributed by atoms with van der Waals surface area (Å²) in [4.78, 5) is 2.19. The van der Waals surface area contributed by atoms with Crippen molar-refractivity contribution in [1.29, 1.82) is 0 Å². The van der Waals surface area contributed by atoms with Gasteiger partial charge in [-0.1, -0.05) is 25.8 Å². The van der Waals surface area contributed by atoms with Gasteiger partial charge in [0.25, 0.3) is 0 Å². The average molecular weight is 246 g/mol. The van der Waals surface area contributed by atoms with Crippen LogP contribution in [0.5, 0.6) is 0 Å². The van der Waals surface area contributed by atoms with E-state index < -0.39 is 0 Å². The SMILES string of the molecule is Cc1ccc(NC2CCCCC2C)cc1N(C)C. The van der Waals surface area contributed by atoms with Crippen LogP contribution in [0.3, 0.4) is 0 Å². The Labute approximate surface area is 111 Å². The highest BCUT2D eigenvalue weighted by Gasteiger charge is 2.21. The molecule has 1 aromatic carbocycles. The quantitative estimate of drug-likeness (QED) is 0.865. The van der Waals surface area contributed by atoms with Crippen molar-refractivity contribution in [2.45, 2.75) is 45.6 Å². The molecule has 1 aliphatic carbocycles. The van der Waals surface area contributed by atoms with Gasteiger partial charge in [-0.15, -0.1) is 0 Å². The maximum absolute atomic E-state index is 3.73. The Kier molecular flexibility index (Phi) is 4.15. The molecule has 1 N–H and O–H groups in total. The standard InChI is InChI=1S/C16H26N2/c1-12-7-5-6-8-15(12)17-14-10-9-13(2)16(11-14)18(3)4/h9-12,15,17H,5-8H2,1-4H3. The zero-order chi connectivity index (χ0) is 13.1. The van der Waals surface area contributed by atoms with Crippen molar-refractivity contribution >= 4 is 11.4 Å². The van der Waals surface area contributed by atoms with Crippen LogP contribution in [0.2, 0.25) is 0 Å². The number of hydrogen-bond acceptors (Lipinski definition) is 2. The van der Waals surface area contributed by atoms with E-state index in [1.807, 2.05) is 0 Å². The van der Waals surface area contributed by atoms with E-state index in [1.54, 1.807) is 0 Å². The van der Waals surface area contributed by atoms with Crippen LogP contribution in [0.25, 0.3) is 0 Å². The number of hydrogen-bond donors (Lipinski definition) is 1.